The molecule has 0 radical (unpaired) electrons. The van der Waals surface area contributed by atoms with Crippen molar-refractivity contribution in [3.8, 4) is 11.1 Å². The Labute approximate surface area is 363 Å². The van der Waals surface area contributed by atoms with E-state index in [9.17, 15) is 24.3 Å². The first-order valence-electron chi connectivity index (χ1n) is 21.2. The van der Waals surface area contributed by atoms with Crippen LogP contribution in [0, 0.1) is 23.2 Å². The maximum absolute atomic E-state index is 13.7. The summed E-state index contributed by atoms with van der Waals surface area (Å²) in [4.78, 5) is 61.3. The van der Waals surface area contributed by atoms with Crippen molar-refractivity contribution < 1.29 is 34.1 Å². The van der Waals surface area contributed by atoms with Gasteiger partial charge in [-0.1, -0.05) is 49.4 Å². The molecule has 4 heterocycles. The van der Waals surface area contributed by atoms with E-state index >= 15 is 0 Å². The number of fused-ring (bicyclic) bond motifs is 2. The Balaban J connectivity index is 0.917. The van der Waals surface area contributed by atoms with Crippen molar-refractivity contribution in [2.24, 2.45) is 22.0 Å². The van der Waals surface area contributed by atoms with E-state index in [0.29, 0.717) is 60.3 Å². The Morgan fingerprint density at radius 1 is 0.935 bits per heavy atom. The van der Waals surface area contributed by atoms with Crippen molar-refractivity contribution in [2.45, 2.75) is 96.9 Å². The quantitative estimate of drug-likeness (QED) is 0.0764. The molecule has 16 heteroatoms. The number of aliphatic carboxylic acids is 1. The smallest absolute Gasteiger partial charge is 0.355 e. The molecule has 4 fully saturated rings. The zero-order valence-electron chi connectivity index (χ0n) is 35.2. The number of ether oxygens (including phenoxy) is 1. The SMILES string of the molecule is Cc1c(-c2ccc(N3CCc4cccc(C(=O)Nc5nc6ccccc6s5)c4C3)nc2C(=O)O)cnn1CC12CC3(C)CC(C)(C1)CC(OCCNC(=O)C(N)CC(=O)O)(C3)C2. The largest absolute Gasteiger partial charge is 0.481 e. The fourth-order valence-corrected chi connectivity index (χ4v) is 13.1. The molecule has 3 unspecified atom stereocenters. The number of anilines is 2. The molecule has 6 N–H and O–H groups in total. The van der Waals surface area contributed by atoms with E-state index in [0.717, 1.165) is 65.6 Å². The van der Waals surface area contributed by atoms with E-state index in [1.807, 2.05) is 71.1 Å². The topological polar surface area (TPSA) is 215 Å². The van der Waals surface area contributed by atoms with Crippen molar-refractivity contribution in [3.05, 3.63) is 88.9 Å². The van der Waals surface area contributed by atoms with Gasteiger partial charge in [-0.15, -0.1) is 0 Å². The normalized spacial score (nSPS) is 25.4. The lowest BCUT2D eigenvalue weighted by atomic mass is 9.39. The predicted molar refractivity (Wildman–Crippen MR) is 234 cm³/mol. The molecule has 4 aliphatic carbocycles. The lowest BCUT2D eigenvalue weighted by Gasteiger charge is -2.69. The average Bonchev–Trinajstić information content (AvgIpc) is 3.78. The van der Waals surface area contributed by atoms with Crippen molar-refractivity contribution >= 4 is 56.3 Å². The molecule has 15 nitrogen and oxygen atoms in total. The highest BCUT2D eigenvalue weighted by Crippen LogP contribution is 2.72. The van der Waals surface area contributed by atoms with Gasteiger partial charge in [-0.25, -0.2) is 14.8 Å². The van der Waals surface area contributed by atoms with Crippen LogP contribution in [0.3, 0.4) is 0 Å². The average molecular weight is 861 g/mol. The molecule has 4 saturated carbocycles. The highest BCUT2D eigenvalue weighted by atomic mass is 32.1. The molecular weight excluding hydrogens is 809 g/mol. The van der Waals surface area contributed by atoms with Gasteiger partial charge in [-0.05, 0) is 110 Å². The minimum Gasteiger partial charge on any atom is -0.481 e. The van der Waals surface area contributed by atoms with Gasteiger partial charge >= 0.3 is 11.9 Å². The first kappa shape index (κ1) is 41.6. The number of para-hydroxylation sites is 1. The Morgan fingerprint density at radius 2 is 1.71 bits per heavy atom. The van der Waals surface area contributed by atoms with Gasteiger partial charge in [-0.2, -0.15) is 5.10 Å². The maximum Gasteiger partial charge on any atom is 0.355 e. The number of nitrogens with zero attached hydrogens (tertiary/aromatic N) is 5. The Hall–Kier alpha value is -5.71. The molecule has 2 amide bonds. The summed E-state index contributed by atoms with van der Waals surface area (Å²) in [7, 11) is 0. The fraction of sp³-hybridized carbons (Fsp3) is 0.457. The molecule has 3 aromatic heterocycles. The summed E-state index contributed by atoms with van der Waals surface area (Å²) in [6.45, 7) is 8.90. The summed E-state index contributed by atoms with van der Waals surface area (Å²) in [5.74, 6) is -2.49. The first-order chi connectivity index (χ1) is 29.5. The molecule has 0 saturated heterocycles. The standard InChI is InChI=1S/C46H52N8O7S/c1-27-31(18-49-54(27)26-45-21-43(2)20-44(3,22-45)24-46(23-43,25-45)61-16-14-48-40(58)33(47)17-37(55)56)29-11-12-36(51-38(29)41(59)60)53-15-13-28-7-6-8-30(32(28)19-53)39(57)52-42-50-34-9-4-5-10-35(34)62-42/h4-12,18,33H,13-17,19-26,47H2,1-3H3,(H,48,58)(H,55,56)(H,59,60)(H,50,52,57). The molecule has 4 bridgehead atoms. The van der Waals surface area contributed by atoms with E-state index in [2.05, 4.69) is 29.5 Å². The van der Waals surface area contributed by atoms with Crippen LogP contribution in [0.2, 0.25) is 0 Å². The molecular formula is C46H52N8O7S. The molecule has 2 aromatic carbocycles. The zero-order valence-corrected chi connectivity index (χ0v) is 36.0. The van der Waals surface area contributed by atoms with Gasteiger partial charge in [0.1, 0.15) is 5.82 Å². The number of hydrogen-bond acceptors (Lipinski definition) is 11. The maximum atomic E-state index is 13.7. The molecule has 5 aromatic rings. The first-order valence-corrected chi connectivity index (χ1v) is 22.0. The van der Waals surface area contributed by atoms with Crippen molar-refractivity contribution in [1.29, 1.82) is 0 Å². The van der Waals surface area contributed by atoms with Crippen LogP contribution in [0.4, 0.5) is 10.9 Å². The molecule has 3 atom stereocenters. The van der Waals surface area contributed by atoms with E-state index < -0.39 is 30.3 Å². The van der Waals surface area contributed by atoms with Gasteiger partial charge < -0.3 is 30.9 Å². The van der Waals surface area contributed by atoms with Crippen LogP contribution in [0.5, 0.6) is 0 Å². The molecule has 324 valence electrons. The summed E-state index contributed by atoms with van der Waals surface area (Å²) < 4.78 is 9.74. The second kappa shape index (κ2) is 15.6. The summed E-state index contributed by atoms with van der Waals surface area (Å²) in [5, 5.41) is 30.7. The van der Waals surface area contributed by atoms with Gasteiger partial charge in [-0.3, -0.25) is 24.4 Å². The number of rotatable bonds is 14. The predicted octanol–water partition coefficient (Wildman–Crippen LogP) is 6.43. The van der Waals surface area contributed by atoms with Crippen LogP contribution < -0.4 is 21.3 Å². The number of aromatic carboxylic acids is 1. The van der Waals surface area contributed by atoms with Crippen LogP contribution in [0.25, 0.3) is 21.3 Å². The Morgan fingerprint density at radius 3 is 2.45 bits per heavy atom. The van der Waals surface area contributed by atoms with Gasteiger partial charge in [0.05, 0.1) is 41.1 Å². The lowest BCUT2D eigenvalue weighted by molar-refractivity contribution is -0.247. The van der Waals surface area contributed by atoms with Crippen LogP contribution in [0.15, 0.2) is 60.8 Å². The van der Waals surface area contributed by atoms with Crippen LogP contribution in [-0.2, 0) is 33.8 Å². The van der Waals surface area contributed by atoms with Crippen molar-refractivity contribution in [2.75, 3.05) is 29.9 Å². The van der Waals surface area contributed by atoms with Gasteiger partial charge in [0.2, 0.25) is 5.91 Å². The fourth-order valence-electron chi connectivity index (χ4n) is 12.3. The van der Waals surface area contributed by atoms with Crippen molar-refractivity contribution in [3.63, 3.8) is 0 Å². The minimum atomic E-state index is -1.14. The van der Waals surface area contributed by atoms with E-state index in [1.165, 1.54) is 11.3 Å². The van der Waals surface area contributed by atoms with Crippen molar-refractivity contribution in [1.82, 2.24) is 25.1 Å². The van der Waals surface area contributed by atoms with Crippen LogP contribution in [-0.4, -0.2) is 85.1 Å². The number of aromatic nitrogens is 4. The Kier molecular flexibility index (Phi) is 10.5. The lowest BCUT2D eigenvalue weighted by Crippen LogP contribution is -2.64. The number of carbonyl (C=O) groups is 4. The second-order valence-corrected chi connectivity index (χ2v) is 20.0. The zero-order chi connectivity index (χ0) is 43.6. The van der Waals surface area contributed by atoms with Crippen LogP contribution >= 0.6 is 11.3 Å². The number of benzene rings is 2. The molecule has 5 aliphatic rings. The number of carboxylic acids is 2. The third-order valence-corrected chi connectivity index (χ3v) is 14.5. The van der Waals surface area contributed by atoms with E-state index in [1.54, 1.807) is 6.20 Å². The molecule has 1 aliphatic heterocycles. The summed E-state index contributed by atoms with van der Waals surface area (Å²) in [5.41, 5.74) is 10.7. The summed E-state index contributed by atoms with van der Waals surface area (Å²) in [6, 6.07) is 16.1. The van der Waals surface area contributed by atoms with Gasteiger partial charge in [0.25, 0.3) is 5.91 Å². The highest BCUT2D eigenvalue weighted by Gasteiger charge is 2.66. The number of pyridine rings is 1. The summed E-state index contributed by atoms with van der Waals surface area (Å²) >= 11 is 1.42. The third kappa shape index (κ3) is 7.95. The van der Waals surface area contributed by atoms with Gasteiger partial charge in [0, 0.05) is 48.6 Å². The molecule has 62 heavy (non-hydrogen) atoms. The number of hydrogen-bond donors (Lipinski definition) is 5. The number of carbonyl (C=O) groups excluding carboxylic acids is 2. The Bertz CT molecular complexity index is 2570. The van der Waals surface area contributed by atoms with Crippen LogP contribution in [0.1, 0.15) is 96.5 Å². The molecule has 10 rings (SSSR count). The number of nitrogens with two attached hydrogens (primary N) is 1. The number of thiazole rings is 1. The number of amides is 2. The van der Waals surface area contributed by atoms with Gasteiger partial charge in [0.15, 0.2) is 10.8 Å². The summed E-state index contributed by atoms with van der Waals surface area (Å²) in [6.07, 6.45) is 7.83. The monoisotopic (exact) mass is 860 g/mol. The highest BCUT2D eigenvalue weighted by molar-refractivity contribution is 7.22. The number of nitrogens with one attached hydrogen (secondary N) is 2. The molecule has 0 spiro atoms. The van der Waals surface area contributed by atoms with E-state index in [-0.39, 0.29) is 40.0 Å². The number of carboxylic acid groups (broad SMARTS) is 2. The second-order valence-electron chi connectivity index (χ2n) is 18.9. The van der Waals surface area contributed by atoms with E-state index in [4.69, 9.17) is 25.7 Å². The third-order valence-electron chi connectivity index (χ3n) is 13.5. The minimum absolute atomic E-state index is 0.0593.